The molecule has 0 aliphatic heterocycles. The van der Waals surface area contributed by atoms with Gasteiger partial charge in [0.2, 0.25) is 5.91 Å². The van der Waals surface area contributed by atoms with Crippen LogP contribution in [0, 0.1) is 0 Å². The van der Waals surface area contributed by atoms with E-state index in [4.69, 9.17) is 4.74 Å². The van der Waals surface area contributed by atoms with Crippen molar-refractivity contribution in [2.75, 3.05) is 13.2 Å². The van der Waals surface area contributed by atoms with Crippen molar-refractivity contribution in [3.05, 3.63) is 0 Å². The molecule has 0 spiro atoms. The minimum absolute atomic E-state index is 0.0225. The Balaban J connectivity index is 3.29. The van der Waals surface area contributed by atoms with Gasteiger partial charge in [-0.05, 0) is 25.7 Å². The molecule has 0 fully saturated rings. The van der Waals surface area contributed by atoms with Gasteiger partial charge in [0.15, 0.2) is 0 Å². The van der Waals surface area contributed by atoms with Crippen molar-refractivity contribution >= 4 is 11.9 Å². The lowest BCUT2D eigenvalue weighted by Gasteiger charge is -2.22. The summed E-state index contributed by atoms with van der Waals surface area (Å²) in [5.74, 6) is -0.0105. The molecule has 70 heavy (non-hydrogen) atoms. The van der Waals surface area contributed by atoms with E-state index < -0.39 is 12.1 Å². The van der Waals surface area contributed by atoms with Crippen molar-refractivity contribution in [2.45, 2.75) is 386 Å². The van der Waals surface area contributed by atoms with Crippen LogP contribution in [-0.2, 0) is 14.3 Å². The van der Waals surface area contributed by atoms with Crippen LogP contribution in [0.1, 0.15) is 373 Å². The summed E-state index contributed by atoms with van der Waals surface area (Å²) in [5.41, 5.74) is 0. The highest BCUT2D eigenvalue weighted by Gasteiger charge is 2.20. The van der Waals surface area contributed by atoms with Crippen LogP contribution in [0.15, 0.2) is 0 Å². The van der Waals surface area contributed by atoms with Gasteiger partial charge < -0.3 is 20.3 Å². The van der Waals surface area contributed by atoms with Gasteiger partial charge in [-0.2, -0.15) is 0 Å². The van der Waals surface area contributed by atoms with Gasteiger partial charge in [0.25, 0.3) is 0 Å². The number of rotatable bonds is 61. The Labute approximate surface area is 438 Å². The number of hydrogen-bond donors (Lipinski definition) is 3. The summed E-state index contributed by atoms with van der Waals surface area (Å²) >= 11 is 0. The van der Waals surface area contributed by atoms with Crippen LogP contribution in [-0.4, -0.2) is 47.4 Å². The number of unbranched alkanes of at least 4 members (excludes halogenated alkanes) is 50. The maximum absolute atomic E-state index is 12.4. The monoisotopic (exact) mass is 990 g/mol. The van der Waals surface area contributed by atoms with Crippen LogP contribution in [0.5, 0.6) is 0 Å². The highest BCUT2D eigenvalue weighted by atomic mass is 16.5. The Morgan fingerprint density at radius 3 is 0.871 bits per heavy atom. The Bertz CT molecular complexity index is 1010. The van der Waals surface area contributed by atoms with Crippen LogP contribution in [0.3, 0.4) is 0 Å². The van der Waals surface area contributed by atoms with Crippen molar-refractivity contribution in [2.24, 2.45) is 0 Å². The van der Waals surface area contributed by atoms with Gasteiger partial charge in [0.1, 0.15) is 0 Å². The molecule has 0 aromatic carbocycles. The second-order valence-electron chi connectivity index (χ2n) is 22.5. The number of aliphatic hydroxyl groups is 2. The number of nitrogens with one attached hydrogen (secondary N) is 1. The van der Waals surface area contributed by atoms with Gasteiger partial charge in [-0.25, -0.2) is 0 Å². The minimum atomic E-state index is -0.659. The van der Waals surface area contributed by atoms with Crippen molar-refractivity contribution in [3.8, 4) is 0 Å². The highest BCUT2D eigenvalue weighted by Crippen LogP contribution is 2.19. The molecule has 0 aliphatic carbocycles. The fourth-order valence-electron chi connectivity index (χ4n) is 10.5. The molecule has 0 aliphatic rings. The zero-order valence-electron chi connectivity index (χ0n) is 47.8. The summed E-state index contributed by atoms with van der Waals surface area (Å²) in [7, 11) is 0. The summed E-state index contributed by atoms with van der Waals surface area (Å²) in [4.78, 5) is 24.5. The first-order valence-electron chi connectivity index (χ1n) is 32.3. The molecule has 0 rings (SSSR count). The van der Waals surface area contributed by atoms with Crippen molar-refractivity contribution in [3.63, 3.8) is 0 Å². The molecule has 2 unspecified atom stereocenters. The maximum Gasteiger partial charge on any atom is 0.305 e. The lowest BCUT2D eigenvalue weighted by Crippen LogP contribution is -2.45. The summed E-state index contributed by atoms with van der Waals surface area (Å²) in [6.45, 7) is 4.97. The zero-order chi connectivity index (χ0) is 50.7. The van der Waals surface area contributed by atoms with E-state index in [0.29, 0.717) is 25.9 Å². The normalized spacial score (nSPS) is 12.5. The molecule has 0 heterocycles. The van der Waals surface area contributed by atoms with Crippen LogP contribution in [0.4, 0.5) is 0 Å². The van der Waals surface area contributed by atoms with E-state index in [2.05, 4.69) is 19.2 Å². The van der Waals surface area contributed by atoms with Gasteiger partial charge in [0, 0.05) is 12.8 Å². The first-order valence-corrected chi connectivity index (χ1v) is 32.3. The number of amides is 1. The second kappa shape index (κ2) is 60.4. The van der Waals surface area contributed by atoms with E-state index in [9.17, 15) is 19.8 Å². The summed E-state index contributed by atoms with van der Waals surface area (Å²) < 4.78 is 5.51. The lowest BCUT2D eigenvalue weighted by atomic mass is 10.0. The molecule has 6 heteroatoms. The molecular weight excluding hydrogens is 863 g/mol. The predicted molar refractivity (Wildman–Crippen MR) is 306 cm³/mol. The van der Waals surface area contributed by atoms with Crippen LogP contribution >= 0.6 is 0 Å². The molecule has 0 radical (unpaired) electrons. The number of ether oxygens (including phenoxy) is 1. The molecule has 418 valence electrons. The molecule has 0 aromatic heterocycles. The maximum atomic E-state index is 12.4. The van der Waals surface area contributed by atoms with Crippen molar-refractivity contribution in [1.29, 1.82) is 0 Å². The second-order valence-corrected chi connectivity index (χ2v) is 22.5. The van der Waals surface area contributed by atoms with E-state index in [1.54, 1.807) is 0 Å². The van der Waals surface area contributed by atoms with Gasteiger partial charge in [-0.3, -0.25) is 9.59 Å². The molecule has 2 atom stereocenters. The number of aliphatic hydroxyl groups excluding tert-OH is 2. The standard InChI is InChI=1S/C64H127NO5/c1-3-5-7-9-11-13-14-15-16-17-29-32-35-38-42-46-50-54-58-64(69)70-59-55-51-47-43-39-36-33-30-27-25-23-21-19-18-20-22-24-26-28-31-34-37-41-45-49-53-57-63(68)65-61(60-66)62(67)56-52-48-44-40-12-10-8-6-4-2/h61-62,66-67H,3-60H2,1-2H3,(H,65,68). The Hall–Kier alpha value is -1.14. The summed E-state index contributed by atoms with van der Waals surface area (Å²) in [6.07, 6.45) is 71.4. The largest absolute Gasteiger partial charge is 0.466 e. The number of carbonyl (C=O) groups excluding carboxylic acids is 2. The highest BCUT2D eigenvalue weighted by molar-refractivity contribution is 5.76. The average molecular weight is 991 g/mol. The fraction of sp³-hybridized carbons (Fsp3) is 0.969. The third kappa shape index (κ3) is 56.2. The van der Waals surface area contributed by atoms with Crippen molar-refractivity contribution < 1.29 is 24.5 Å². The van der Waals surface area contributed by atoms with E-state index in [0.717, 1.165) is 38.5 Å². The topological polar surface area (TPSA) is 95.9 Å². The summed E-state index contributed by atoms with van der Waals surface area (Å²) in [6, 6.07) is -0.536. The van der Waals surface area contributed by atoms with Gasteiger partial charge in [-0.1, -0.05) is 335 Å². The Kier molecular flexibility index (Phi) is 59.4. The molecular formula is C64H127NO5. The van der Waals surface area contributed by atoms with Crippen LogP contribution in [0.25, 0.3) is 0 Å². The molecule has 0 bridgehead atoms. The van der Waals surface area contributed by atoms with E-state index in [1.807, 2.05) is 0 Å². The lowest BCUT2D eigenvalue weighted by molar-refractivity contribution is -0.143. The molecule has 0 saturated heterocycles. The SMILES string of the molecule is CCCCCCCCCCCCCCCCCCCCC(=O)OCCCCCCCCCCCCCCCCCCCCCCCCCCCCC(=O)NC(CO)C(O)CCCCCCCCCCC. The van der Waals surface area contributed by atoms with E-state index in [1.165, 1.54) is 302 Å². The average Bonchev–Trinajstić information content (AvgIpc) is 3.36. The third-order valence-corrected chi connectivity index (χ3v) is 15.4. The number of carbonyl (C=O) groups is 2. The van der Waals surface area contributed by atoms with Gasteiger partial charge in [-0.15, -0.1) is 0 Å². The molecule has 1 amide bonds. The predicted octanol–water partition coefficient (Wildman–Crippen LogP) is 20.3. The first kappa shape index (κ1) is 68.9. The zero-order valence-corrected chi connectivity index (χ0v) is 47.8. The molecule has 0 aromatic rings. The number of esters is 1. The number of hydrogen-bond acceptors (Lipinski definition) is 5. The fourth-order valence-corrected chi connectivity index (χ4v) is 10.5. The molecule has 0 saturated carbocycles. The van der Waals surface area contributed by atoms with Crippen molar-refractivity contribution in [1.82, 2.24) is 5.32 Å². The Morgan fingerprint density at radius 1 is 0.343 bits per heavy atom. The van der Waals surface area contributed by atoms with Gasteiger partial charge >= 0.3 is 5.97 Å². The quantitative estimate of drug-likeness (QED) is 0.0417. The Morgan fingerprint density at radius 2 is 0.586 bits per heavy atom. The smallest absolute Gasteiger partial charge is 0.305 e. The first-order chi connectivity index (χ1) is 34.5. The van der Waals surface area contributed by atoms with Gasteiger partial charge in [0.05, 0.1) is 25.4 Å². The third-order valence-electron chi connectivity index (χ3n) is 15.4. The summed E-state index contributed by atoms with van der Waals surface area (Å²) in [5, 5.41) is 23.1. The van der Waals surface area contributed by atoms with Crippen LogP contribution in [0.2, 0.25) is 0 Å². The van der Waals surface area contributed by atoms with E-state index in [-0.39, 0.29) is 18.5 Å². The minimum Gasteiger partial charge on any atom is -0.466 e. The molecule has 3 N–H and O–H groups in total. The van der Waals surface area contributed by atoms with Crippen LogP contribution < -0.4 is 5.32 Å². The molecule has 6 nitrogen and oxygen atoms in total. The van der Waals surface area contributed by atoms with E-state index >= 15 is 0 Å².